The molecule has 7 nitrogen and oxygen atoms in total. The normalized spacial score (nSPS) is 12.2. The summed E-state index contributed by atoms with van der Waals surface area (Å²) in [5.41, 5.74) is 1.86. The molecule has 0 radical (unpaired) electrons. The van der Waals surface area contributed by atoms with Crippen LogP contribution in [-0.2, 0) is 26.2 Å². The Morgan fingerprint density at radius 3 is 2.38 bits per heavy atom. The molecule has 0 unspecified atom stereocenters. The minimum absolute atomic E-state index is 0.0267. The Bertz CT molecular complexity index is 1120. The third-order valence-electron chi connectivity index (χ3n) is 5.30. The van der Waals surface area contributed by atoms with Crippen LogP contribution in [0.2, 0.25) is 0 Å². The first-order valence-corrected chi connectivity index (χ1v) is 12.8. The standard InChI is InChI=1S/C24H31F2N3O4S/c1-5-27-24(31)18(3)28(16-19-9-6-8-17(2)14-19)23(30)10-7-13-29(34(4,32)33)20-11-12-21(25)22(26)15-20/h6,8-9,11-12,14-15,18H,5,7,10,13,16H2,1-4H3,(H,27,31)/t18-/m1/s1. The highest BCUT2D eigenvalue weighted by Crippen LogP contribution is 2.21. The Morgan fingerprint density at radius 1 is 1.09 bits per heavy atom. The van der Waals surface area contributed by atoms with Gasteiger partial charge in [0.15, 0.2) is 11.6 Å². The van der Waals surface area contributed by atoms with E-state index in [1.165, 1.54) is 11.0 Å². The lowest BCUT2D eigenvalue weighted by Crippen LogP contribution is -2.47. The summed E-state index contributed by atoms with van der Waals surface area (Å²) in [6.45, 7) is 5.90. The number of likely N-dealkylation sites (N-methyl/N-ethyl adjacent to an activating group) is 1. The van der Waals surface area contributed by atoms with Crippen molar-refractivity contribution in [2.24, 2.45) is 0 Å². The zero-order valence-corrected chi connectivity index (χ0v) is 20.7. The molecule has 0 heterocycles. The van der Waals surface area contributed by atoms with Gasteiger partial charge in [0.05, 0.1) is 11.9 Å². The molecule has 0 bridgehead atoms. The monoisotopic (exact) mass is 495 g/mol. The molecule has 10 heteroatoms. The predicted octanol–water partition coefficient (Wildman–Crippen LogP) is 3.37. The number of hydrogen-bond acceptors (Lipinski definition) is 4. The van der Waals surface area contributed by atoms with Crippen molar-refractivity contribution < 1.29 is 26.8 Å². The molecule has 1 N–H and O–H groups in total. The molecule has 0 aliphatic heterocycles. The van der Waals surface area contributed by atoms with E-state index in [0.29, 0.717) is 6.54 Å². The van der Waals surface area contributed by atoms with Crippen molar-refractivity contribution >= 4 is 27.5 Å². The maximum Gasteiger partial charge on any atom is 0.242 e. The number of rotatable bonds is 11. The average Bonchev–Trinajstić information content (AvgIpc) is 2.76. The largest absolute Gasteiger partial charge is 0.355 e. The molecule has 2 aromatic carbocycles. The van der Waals surface area contributed by atoms with Crippen molar-refractivity contribution in [3.63, 3.8) is 0 Å². The molecular weight excluding hydrogens is 464 g/mol. The highest BCUT2D eigenvalue weighted by molar-refractivity contribution is 7.92. The maximum absolute atomic E-state index is 13.7. The van der Waals surface area contributed by atoms with Gasteiger partial charge >= 0.3 is 0 Å². The minimum atomic E-state index is -3.80. The molecular formula is C24H31F2N3O4S. The number of carbonyl (C=O) groups is 2. The number of nitrogens with one attached hydrogen (secondary N) is 1. The Balaban J connectivity index is 2.17. The number of anilines is 1. The van der Waals surface area contributed by atoms with Crippen LogP contribution in [0.5, 0.6) is 0 Å². The molecule has 0 aromatic heterocycles. The average molecular weight is 496 g/mol. The number of sulfonamides is 1. The molecule has 0 saturated heterocycles. The van der Waals surface area contributed by atoms with E-state index in [1.54, 1.807) is 13.8 Å². The van der Waals surface area contributed by atoms with Crippen LogP contribution >= 0.6 is 0 Å². The summed E-state index contributed by atoms with van der Waals surface area (Å²) in [6.07, 6.45) is 1.04. The molecule has 34 heavy (non-hydrogen) atoms. The lowest BCUT2D eigenvalue weighted by molar-refractivity contribution is -0.140. The van der Waals surface area contributed by atoms with Gasteiger partial charge in [-0.3, -0.25) is 13.9 Å². The topological polar surface area (TPSA) is 86.8 Å². The van der Waals surface area contributed by atoms with Crippen molar-refractivity contribution in [3.05, 3.63) is 65.2 Å². The zero-order valence-electron chi connectivity index (χ0n) is 19.8. The van der Waals surface area contributed by atoms with E-state index in [-0.39, 0.29) is 43.4 Å². The number of carbonyl (C=O) groups excluding carboxylic acids is 2. The summed E-state index contributed by atoms with van der Waals surface area (Å²) in [5.74, 6) is -2.86. The Hall–Kier alpha value is -3.01. The van der Waals surface area contributed by atoms with Crippen LogP contribution in [0, 0.1) is 18.6 Å². The fraction of sp³-hybridized carbons (Fsp3) is 0.417. The summed E-state index contributed by atoms with van der Waals surface area (Å²) in [4.78, 5) is 27.0. The lowest BCUT2D eigenvalue weighted by atomic mass is 10.1. The minimum Gasteiger partial charge on any atom is -0.355 e. The quantitative estimate of drug-likeness (QED) is 0.518. The van der Waals surface area contributed by atoms with Crippen molar-refractivity contribution in [2.45, 2.75) is 46.2 Å². The number of hydrogen-bond donors (Lipinski definition) is 1. The van der Waals surface area contributed by atoms with Crippen LogP contribution in [0.3, 0.4) is 0 Å². The van der Waals surface area contributed by atoms with Crippen molar-refractivity contribution in [3.8, 4) is 0 Å². The van der Waals surface area contributed by atoms with E-state index in [2.05, 4.69) is 5.32 Å². The van der Waals surface area contributed by atoms with E-state index in [4.69, 9.17) is 0 Å². The highest BCUT2D eigenvalue weighted by Gasteiger charge is 2.26. The van der Waals surface area contributed by atoms with Gasteiger partial charge in [-0.25, -0.2) is 17.2 Å². The molecule has 186 valence electrons. The molecule has 0 fully saturated rings. The second-order valence-electron chi connectivity index (χ2n) is 8.12. The van der Waals surface area contributed by atoms with Crippen LogP contribution in [-0.4, -0.2) is 50.5 Å². The van der Waals surface area contributed by atoms with Crippen molar-refractivity contribution in [2.75, 3.05) is 23.7 Å². The smallest absolute Gasteiger partial charge is 0.242 e. The number of aryl methyl sites for hydroxylation is 1. The third kappa shape index (κ3) is 7.51. The molecule has 2 amide bonds. The van der Waals surface area contributed by atoms with Gasteiger partial charge in [0.2, 0.25) is 21.8 Å². The second-order valence-corrected chi connectivity index (χ2v) is 10.0. The highest BCUT2D eigenvalue weighted by atomic mass is 32.2. The molecule has 2 aromatic rings. The van der Waals surface area contributed by atoms with Crippen LogP contribution in [0.15, 0.2) is 42.5 Å². The van der Waals surface area contributed by atoms with Gasteiger partial charge in [0, 0.05) is 32.1 Å². The Kier molecular flexibility index (Phi) is 9.55. The first-order valence-electron chi connectivity index (χ1n) is 11.0. The summed E-state index contributed by atoms with van der Waals surface area (Å²) < 4.78 is 52.3. The number of nitrogens with zero attached hydrogens (tertiary/aromatic N) is 2. The van der Waals surface area contributed by atoms with Gasteiger partial charge in [-0.15, -0.1) is 0 Å². The summed E-state index contributed by atoms with van der Waals surface area (Å²) in [6, 6.07) is 9.70. The van der Waals surface area contributed by atoms with Gasteiger partial charge in [0.1, 0.15) is 6.04 Å². The van der Waals surface area contributed by atoms with E-state index >= 15 is 0 Å². The van der Waals surface area contributed by atoms with Gasteiger partial charge in [-0.2, -0.15) is 0 Å². The fourth-order valence-electron chi connectivity index (χ4n) is 3.56. The number of benzene rings is 2. The summed E-state index contributed by atoms with van der Waals surface area (Å²) >= 11 is 0. The lowest BCUT2D eigenvalue weighted by Gasteiger charge is -2.29. The number of amides is 2. The summed E-state index contributed by atoms with van der Waals surface area (Å²) in [7, 11) is -3.80. The third-order valence-corrected chi connectivity index (χ3v) is 6.49. The predicted molar refractivity (Wildman–Crippen MR) is 128 cm³/mol. The molecule has 0 saturated carbocycles. The SMILES string of the molecule is CCNC(=O)[C@@H](C)N(Cc1cccc(C)c1)C(=O)CCCN(c1ccc(F)c(F)c1)S(C)(=O)=O. The van der Waals surface area contributed by atoms with Crippen molar-refractivity contribution in [1.82, 2.24) is 10.2 Å². The van der Waals surface area contributed by atoms with Crippen LogP contribution in [0.4, 0.5) is 14.5 Å². The van der Waals surface area contributed by atoms with E-state index in [1.807, 2.05) is 31.2 Å². The van der Waals surface area contributed by atoms with Gasteiger partial charge in [0.25, 0.3) is 0 Å². The molecule has 2 rings (SSSR count). The van der Waals surface area contributed by atoms with Gasteiger partial charge in [-0.1, -0.05) is 29.8 Å². The van der Waals surface area contributed by atoms with E-state index < -0.39 is 27.7 Å². The maximum atomic E-state index is 13.7. The summed E-state index contributed by atoms with van der Waals surface area (Å²) in [5, 5.41) is 2.72. The Labute approximate surface area is 199 Å². The molecule has 0 aliphatic rings. The van der Waals surface area contributed by atoms with E-state index in [0.717, 1.165) is 33.8 Å². The van der Waals surface area contributed by atoms with Crippen molar-refractivity contribution in [1.29, 1.82) is 0 Å². The number of halogens is 2. The van der Waals surface area contributed by atoms with Crippen LogP contribution in [0.1, 0.15) is 37.8 Å². The molecule has 0 aliphatic carbocycles. The molecule has 0 spiro atoms. The Morgan fingerprint density at radius 2 is 1.79 bits per heavy atom. The first-order chi connectivity index (χ1) is 15.9. The van der Waals surface area contributed by atoms with Crippen LogP contribution < -0.4 is 9.62 Å². The van der Waals surface area contributed by atoms with Crippen LogP contribution in [0.25, 0.3) is 0 Å². The second kappa shape index (κ2) is 11.9. The van der Waals surface area contributed by atoms with Gasteiger partial charge < -0.3 is 10.2 Å². The molecule has 1 atom stereocenters. The fourth-order valence-corrected chi connectivity index (χ4v) is 4.51. The van der Waals surface area contributed by atoms with Gasteiger partial charge in [-0.05, 0) is 44.9 Å². The first kappa shape index (κ1) is 27.2. The zero-order chi connectivity index (χ0) is 25.5. The van der Waals surface area contributed by atoms with E-state index in [9.17, 15) is 26.8 Å².